The Hall–Kier alpha value is -2.33. The summed E-state index contributed by atoms with van der Waals surface area (Å²) in [6.07, 6.45) is 0.341. The van der Waals surface area contributed by atoms with Crippen LogP contribution in [0.1, 0.15) is 28.4 Å². The van der Waals surface area contributed by atoms with Crippen molar-refractivity contribution in [3.63, 3.8) is 0 Å². The largest absolute Gasteiger partial charge is 0.386 e. The van der Waals surface area contributed by atoms with E-state index in [4.69, 9.17) is 16.4 Å². The number of rotatable bonds is 2. The second-order valence-electron chi connectivity index (χ2n) is 4.71. The van der Waals surface area contributed by atoms with Crippen LogP contribution in [0.25, 0.3) is 0 Å². The number of benzene rings is 2. The van der Waals surface area contributed by atoms with Crippen LogP contribution in [0.5, 0.6) is 0 Å². The van der Waals surface area contributed by atoms with E-state index in [9.17, 15) is 4.79 Å². The number of hydrogen-bond donors (Lipinski definition) is 1. The first-order valence-corrected chi connectivity index (χ1v) is 6.95. The summed E-state index contributed by atoms with van der Waals surface area (Å²) in [5, 5.41) is 7.38. The third kappa shape index (κ3) is 3.23. The van der Waals surface area contributed by atoms with E-state index >= 15 is 0 Å². The molecule has 1 aliphatic rings. The van der Waals surface area contributed by atoms with Crippen molar-refractivity contribution in [2.45, 2.75) is 12.5 Å². The highest BCUT2D eigenvalue weighted by Crippen LogP contribution is 2.27. The Morgan fingerprint density at radius 2 is 1.86 bits per heavy atom. The minimum absolute atomic E-state index is 0.185. The quantitative estimate of drug-likeness (QED) is 0.922. The predicted octanol–water partition coefficient (Wildman–Crippen LogP) is 3.54. The average Bonchev–Trinajstić information content (AvgIpc) is 2.97. The van der Waals surface area contributed by atoms with Crippen molar-refractivity contribution in [1.82, 2.24) is 5.32 Å². The van der Waals surface area contributed by atoms with Gasteiger partial charge >= 0.3 is 0 Å². The molecule has 106 valence electrons. The molecule has 3 rings (SSSR count). The van der Waals surface area contributed by atoms with E-state index in [1.54, 1.807) is 24.3 Å². The van der Waals surface area contributed by atoms with Crippen molar-refractivity contribution in [1.29, 1.82) is 0 Å². The molecular weight excluding hydrogens is 288 g/mol. The molecule has 0 saturated heterocycles. The van der Waals surface area contributed by atoms with Gasteiger partial charge in [-0.25, -0.2) is 0 Å². The molecule has 1 unspecified atom stereocenters. The van der Waals surface area contributed by atoms with Gasteiger partial charge in [-0.2, -0.15) is 0 Å². The summed E-state index contributed by atoms with van der Waals surface area (Å²) in [5.41, 5.74) is 1.57. The fourth-order valence-corrected chi connectivity index (χ4v) is 2.23. The molecule has 0 bridgehead atoms. The lowest BCUT2D eigenvalue weighted by molar-refractivity contribution is 0.0855. The molecule has 0 aromatic heterocycles. The SMILES string of the molecule is O=C(NC1=NOC(c2ccc(Cl)cc2)C1)c1ccccc1. The molecule has 1 aliphatic heterocycles. The van der Waals surface area contributed by atoms with E-state index in [1.165, 1.54) is 0 Å². The van der Waals surface area contributed by atoms with Gasteiger partial charge in [-0.05, 0) is 29.8 Å². The van der Waals surface area contributed by atoms with E-state index in [0.29, 0.717) is 22.8 Å². The van der Waals surface area contributed by atoms with Crippen LogP contribution >= 0.6 is 11.6 Å². The number of hydrogen-bond acceptors (Lipinski definition) is 3. The van der Waals surface area contributed by atoms with Crippen LogP contribution in [0.3, 0.4) is 0 Å². The second kappa shape index (κ2) is 5.97. The minimum atomic E-state index is -0.187. The maximum Gasteiger partial charge on any atom is 0.256 e. The summed E-state index contributed by atoms with van der Waals surface area (Å²) < 4.78 is 0. The van der Waals surface area contributed by atoms with Crippen molar-refractivity contribution >= 4 is 23.3 Å². The van der Waals surface area contributed by atoms with E-state index in [-0.39, 0.29) is 12.0 Å². The molecule has 0 spiro atoms. The Bertz CT molecular complexity index is 668. The van der Waals surface area contributed by atoms with Crippen molar-refractivity contribution < 1.29 is 9.63 Å². The van der Waals surface area contributed by atoms with Crippen LogP contribution in [-0.4, -0.2) is 11.7 Å². The zero-order valence-electron chi connectivity index (χ0n) is 11.1. The summed E-state index contributed by atoms with van der Waals surface area (Å²) >= 11 is 5.86. The molecule has 2 aromatic rings. The van der Waals surface area contributed by atoms with E-state index < -0.39 is 0 Å². The minimum Gasteiger partial charge on any atom is -0.386 e. The molecule has 2 aromatic carbocycles. The van der Waals surface area contributed by atoms with Gasteiger partial charge in [-0.15, -0.1) is 0 Å². The van der Waals surface area contributed by atoms with Crippen molar-refractivity contribution in [2.75, 3.05) is 0 Å². The van der Waals surface area contributed by atoms with Crippen LogP contribution < -0.4 is 5.32 Å². The number of halogens is 1. The molecule has 0 aliphatic carbocycles. The van der Waals surface area contributed by atoms with Crippen LogP contribution in [-0.2, 0) is 4.84 Å². The topological polar surface area (TPSA) is 50.7 Å². The number of carbonyl (C=O) groups is 1. The summed E-state index contributed by atoms with van der Waals surface area (Å²) in [6, 6.07) is 16.4. The zero-order valence-corrected chi connectivity index (χ0v) is 11.9. The maximum absolute atomic E-state index is 12.0. The van der Waals surface area contributed by atoms with Gasteiger partial charge in [-0.1, -0.05) is 47.1 Å². The van der Waals surface area contributed by atoms with E-state index in [1.807, 2.05) is 30.3 Å². The van der Waals surface area contributed by atoms with Crippen molar-refractivity contribution in [3.8, 4) is 0 Å². The number of oxime groups is 1. The third-order valence-corrected chi connectivity index (χ3v) is 3.46. The molecule has 0 fully saturated rings. The monoisotopic (exact) mass is 300 g/mol. The number of amidine groups is 1. The van der Waals surface area contributed by atoms with Crippen LogP contribution in [0, 0.1) is 0 Å². The van der Waals surface area contributed by atoms with Gasteiger partial charge < -0.3 is 10.2 Å². The number of nitrogens with one attached hydrogen (secondary N) is 1. The normalized spacial score (nSPS) is 17.0. The Morgan fingerprint density at radius 1 is 1.14 bits per heavy atom. The summed E-state index contributed by atoms with van der Waals surface area (Å²) in [7, 11) is 0. The molecule has 5 heteroatoms. The highest BCUT2D eigenvalue weighted by atomic mass is 35.5. The predicted molar refractivity (Wildman–Crippen MR) is 81.2 cm³/mol. The molecule has 21 heavy (non-hydrogen) atoms. The van der Waals surface area contributed by atoms with Gasteiger partial charge in [0.15, 0.2) is 11.9 Å². The molecule has 1 amide bonds. The van der Waals surface area contributed by atoms with Gasteiger partial charge in [0.25, 0.3) is 5.91 Å². The molecule has 1 atom stereocenters. The lowest BCUT2D eigenvalue weighted by Crippen LogP contribution is -2.29. The fraction of sp³-hybridized carbons (Fsp3) is 0.125. The molecule has 1 N–H and O–H groups in total. The van der Waals surface area contributed by atoms with E-state index in [0.717, 1.165) is 5.56 Å². The highest BCUT2D eigenvalue weighted by Gasteiger charge is 2.24. The Morgan fingerprint density at radius 3 is 2.57 bits per heavy atom. The fourth-order valence-electron chi connectivity index (χ4n) is 2.10. The standard InChI is InChI=1S/C16H13ClN2O2/c17-13-8-6-11(7-9-13)14-10-15(19-21-14)18-16(20)12-4-2-1-3-5-12/h1-9,14H,10H2,(H,18,19,20). The van der Waals surface area contributed by atoms with Crippen LogP contribution in [0.15, 0.2) is 59.8 Å². The first-order valence-electron chi connectivity index (χ1n) is 6.57. The summed E-state index contributed by atoms with van der Waals surface area (Å²) in [5.74, 6) is 0.346. The Balaban J connectivity index is 1.62. The smallest absolute Gasteiger partial charge is 0.256 e. The lowest BCUT2D eigenvalue weighted by Gasteiger charge is -2.08. The maximum atomic E-state index is 12.0. The molecule has 1 heterocycles. The lowest BCUT2D eigenvalue weighted by atomic mass is 10.1. The van der Waals surface area contributed by atoms with Gasteiger partial charge in [0, 0.05) is 10.6 Å². The molecule has 4 nitrogen and oxygen atoms in total. The Labute approximate surface area is 127 Å². The van der Waals surface area contributed by atoms with Crippen LogP contribution in [0.4, 0.5) is 0 Å². The summed E-state index contributed by atoms with van der Waals surface area (Å²) in [6.45, 7) is 0. The molecule has 0 radical (unpaired) electrons. The van der Waals surface area contributed by atoms with Gasteiger partial charge in [-0.3, -0.25) is 4.79 Å². The third-order valence-electron chi connectivity index (χ3n) is 3.20. The number of amides is 1. The van der Waals surface area contributed by atoms with Crippen molar-refractivity contribution in [3.05, 3.63) is 70.7 Å². The average molecular weight is 301 g/mol. The van der Waals surface area contributed by atoms with Gasteiger partial charge in [0.2, 0.25) is 0 Å². The van der Waals surface area contributed by atoms with Gasteiger partial charge in [0.05, 0.1) is 6.42 Å². The first-order chi connectivity index (χ1) is 10.2. The molecular formula is C16H13ClN2O2. The first kappa shape index (κ1) is 13.6. The second-order valence-corrected chi connectivity index (χ2v) is 5.14. The van der Waals surface area contributed by atoms with Crippen LogP contribution in [0.2, 0.25) is 5.02 Å². The zero-order chi connectivity index (χ0) is 14.7. The Kier molecular flexibility index (Phi) is 3.88. The number of carbonyl (C=O) groups excluding carboxylic acids is 1. The number of nitrogens with zero attached hydrogens (tertiary/aromatic N) is 1. The molecule has 0 saturated carbocycles. The van der Waals surface area contributed by atoms with Gasteiger partial charge in [0.1, 0.15) is 0 Å². The highest BCUT2D eigenvalue weighted by molar-refractivity contribution is 6.30. The van der Waals surface area contributed by atoms with Crippen molar-refractivity contribution in [2.24, 2.45) is 5.16 Å². The van der Waals surface area contributed by atoms with E-state index in [2.05, 4.69) is 10.5 Å². The summed E-state index contributed by atoms with van der Waals surface area (Å²) in [4.78, 5) is 17.4.